The maximum absolute atomic E-state index is 13.5. The molecule has 1 aliphatic heterocycles. The van der Waals surface area contributed by atoms with E-state index in [1.54, 1.807) is 29.8 Å². The van der Waals surface area contributed by atoms with Crippen LogP contribution in [0.4, 0.5) is 5.69 Å². The Labute approximate surface area is 200 Å². The molecule has 10 nitrogen and oxygen atoms in total. The number of anilines is 1. The van der Waals surface area contributed by atoms with E-state index >= 15 is 0 Å². The first-order valence-corrected chi connectivity index (χ1v) is 11.4. The number of benzene rings is 2. The van der Waals surface area contributed by atoms with Gasteiger partial charge in [0.1, 0.15) is 25.3 Å². The number of hydrogen-bond acceptors (Lipinski definition) is 6. The second kappa shape index (κ2) is 9.13. The third-order valence-electron chi connectivity index (χ3n) is 5.89. The summed E-state index contributed by atoms with van der Waals surface area (Å²) >= 11 is 0. The minimum Gasteiger partial charge on any atom is -0.486 e. The molecule has 2 aromatic carbocycles. The van der Waals surface area contributed by atoms with E-state index in [1.165, 1.54) is 4.57 Å². The molecule has 10 heteroatoms. The van der Waals surface area contributed by atoms with Gasteiger partial charge in [-0.1, -0.05) is 30.3 Å². The summed E-state index contributed by atoms with van der Waals surface area (Å²) in [4.78, 5) is 39.9. The van der Waals surface area contributed by atoms with Gasteiger partial charge in [-0.3, -0.25) is 23.4 Å². The topological polar surface area (TPSA) is 109 Å². The van der Waals surface area contributed by atoms with Crippen molar-refractivity contribution in [3.63, 3.8) is 0 Å². The van der Waals surface area contributed by atoms with Gasteiger partial charge < -0.3 is 14.8 Å². The molecule has 0 atom stereocenters. The van der Waals surface area contributed by atoms with Crippen LogP contribution in [-0.2, 0) is 24.4 Å². The van der Waals surface area contributed by atoms with Crippen LogP contribution in [-0.4, -0.2) is 38.0 Å². The Balaban J connectivity index is 1.54. The standard InChI is InChI=1S/C25H25N5O5/c1-3-30-23-22(16(2)27-30)28(25(33)29(24(23)32)14-17-7-5-4-6-8-17)15-21(31)26-18-9-10-19-20(13-18)35-12-11-34-19/h4-10,13H,3,11-12,14-15H2,1-2H3,(H,26,31). The molecule has 3 heterocycles. The molecule has 5 rings (SSSR count). The Hall–Kier alpha value is -4.34. The third kappa shape index (κ3) is 4.18. The fraction of sp³-hybridized carbons (Fsp3) is 0.280. The lowest BCUT2D eigenvalue weighted by molar-refractivity contribution is -0.116. The second-order valence-electron chi connectivity index (χ2n) is 8.25. The first kappa shape index (κ1) is 22.5. The first-order valence-electron chi connectivity index (χ1n) is 11.4. The average Bonchev–Trinajstić information content (AvgIpc) is 3.21. The summed E-state index contributed by atoms with van der Waals surface area (Å²) in [5, 5.41) is 7.25. The highest BCUT2D eigenvalue weighted by Crippen LogP contribution is 2.32. The van der Waals surface area contributed by atoms with Crippen LogP contribution in [0.3, 0.4) is 0 Å². The predicted octanol–water partition coefficient (Wildman–Crippen LogP) is 2.15. The molecule has 0 aliphatic carbocycles. The summed E-state index contributed by atoms with van der Waals surface area (Å²) in [5.41, 5.74) is 1.49. The Morgan fingerprint density at radius 3 is 2.49 bits per heavy atom. The molecule has 0 radical (unpaired) electrons. The smallest absolute Gasteiger partial charge is 0.332 e. The van der Waals surface area contributed by atoms with Crippen molar-refractivity contribution in [3.8, 4) is 11.5 Å². The maximum Gasteiger partial charge on any atom is 0.332 e. The van der Waals surface area contributed by atoms with E-state index in [4.69, 9.17) is 9.47 Å². The number of aromatic nitrogens is 4. The van der Waals surface area contributed by atoms with E-state index in [1.807, 2.05) is 37.3 Å². The van der Waals surface area contributed by atoms with E-state index in [2.05, 4.69) is 10.4 Å². The van der Waals surface area contributed by atoms with Crippen LogP contribution < -0.4 is 26.0 Å². The fourth-order valence-electron chi connectivity index (χ4n) is 4.31. The van der Waals surface area contributed by atoms with Crippen molar-refractivity contribution in [2.24, 2.45) is 0 Å². The number of rotatable bonds is 6. The number of carbonyl (C=O) groups excluding carboxylic acids is 1. The predicted molar refractivity (Wildman–Crippen MR) is 130 cm³/mol. The van der Waals surface area contributed by atoms with Crippen molar-refractivity contribution >= 4 is 22.6 Å². The summed E-state index contributed by atoms with van der Waals surface area (Å²) in [6.07, 6.45) is 0. The normalized spacial score (nSPS) is 12.6. The van der Waals surface area contributed by atoms with Crippen LogP contribution in [0.1, 0.15) is 18.2 Å². The van der Waals surface area contributed by atoms with Crippen molar-refractivity contribution in [1.29, 1.82) is 0 Å². The van der Waals surface area contributed by atoms with E-state index < -0.39 is 17.2 Å². The summed E-state index contributed by atoms with van der Waals surface area (Å²) < 4.78 is 15.1. The van der Waals surface area contributed by atoms with Gasteiger partial charge in [-0.2, -0.15) is 5.10 Å². The lowest BCUT2D eigenvalue weighted by Gasteiger charge is -2.19. The van der Waals surface area contributed by atoms with Gasteiger partial charge in [0.2, 0.25) is 5.91 Å². The monoisotopic (exact) mass is 475 g/mol. The van der Waals surface area contributed by atoms with Crippen molar-refractivity contribution in [2.75, 3.05) is 18.5 Å². The molecule has 35 heavy (non-hydrogen) atoms. The fourth-order valence-corrected chi connectivity index (χ4v) is 4.31. The second-order valence-corrected chi connectivity index (χ2v) is 8.25. The molecule has 0 fully saturated rings. The van der Waals surface area contributed by atoms with Crippen molar-refractivity contribution in [1.82, 2.24) is 18.9 Å². The van der Waals surface area contributed by atoms with Crippen molar-refractivity contribution in [3.05, 3.63) is 80.6 Å². The van der Waals surface area contributed by atoms with Gasteiger partial charge in [-0.25, -0.2) is 4.79 Å². The molecule has 1 amide bonds. The zero-order chi connectivity index (χ0) is 24.5. The van der Waals surface area contributed by atoms with Crippen molar-refractivity contribution in [2.45, 2.75) is 33.5 Å². The van der Waals surface area contributed by atoms with Gasteiger partial charge in [0.05, 0.1) is 12.2 Å². The number of nitrogens with zero attached hydrogens (tertiary/aromatic N) is 4. The molecular weight excluding hydrogens is 450 g/mol. The van der Waals surface area contributed by atoms with Crippen LogP contribution in [0.25, 0.3) is 11.0 Å². The Morgan fingerprint density at radius 1 is 1.00 bits per heavy atom. The van der Waals surface area contributed by atoms with Crippen LogP contribution in [0, 0.1) is 6.92 Å². The lowest BCUT2D eigenvalue weighted by atomic mass is 10.2. The minimum absolute atomic E-state index is 0.0895. The van der Waals surface area contributed by atoms with E-state index in [0.717, 1.165) is 10.1 Å². The first-order chi connectivity index (χ1) is 17.0. The summed E-state index contributed by atoms with van der Waals surface area (Å²) in [7, 11) is 0. The van der Waals surface area contributed by atoms with E-state index in [9.17, 15) is 14.4 Å². The quantitative estimate of drug-likeness (QED) is 0.458. The molecule has 2 aromatic heterocycles. The number of aryl methyl sites for hydroxylation is 2. The zero-order valence-corrected chi connectivity index (χ0v) is 19.5. The Morgan fingerprint density at radius 2 is 1.74 bits per heavy atom. The molecular formula is C25H25N5O5. The highest BCUT2D eigenvalue weighted by Gasteiger charge is 2.22. The van der Waals surface area contributed by atoms with Crippen LogP contribution in [0.15, 0.2) is 58.1 Å². The zero-order valence-electron chi connectivity index (χ0n) is 19.5. The van der Waals surface area contributed by atoms with Gasteiger partial charge in [-0.15, -0.1) is 0 Å². The molecule has 1 N–H and O–H groups in total. The molecule has 0 unspecified atom stereocenters. The van der Waals surface area contributed by atoms with E-state index in [-0.39, 0.29) is 13.1 Å². The molecule has 1 aliphatic rings. The molecule has 180 valence electrons. The van der Waals surface area contributed by atoms with Gasteiger partial charge >= 0.3 is 5.69 Å². The summed E-state index contributed by atoms with van der Waals surface area (Å²) in [6, 6.07) is 14.4. The van der Waals surface area contributed by atoms with Crippen LogP contribution in [0.5, 0.6) is 11.5 Å². The Bertz CT molecular complexity index is 1530. The lowest BCUT2D eigenvalue weighted by Crippen LogP contribution is -2.42. The van der Waals surface area contributed by atoms with Gasteiger partial charge in [0.25, 0.3) is 5.56 Å². The number of ether oxygens (including phenoxy) is 2. The van der Waals surface area contributed by atoms with Gasteiger partial charge in [0, 0.05) is 18.3 Å². The van der Waals surface area contributed by atoms with Crippen LogP contribution >= 0.6 is 0 Å². The average molecular weight is 476 g/mol. The molecule has 0 bridgehead atoms. The molecule has 0 spiro atoms. The third-order valence-corrected chi connectivity index (χ3v) is 5.89. The molecule has 0 saturated heterocycles. The largest absolute Gasteiger partial charge is 0.486 e. The number of amides is 1. The van der Waals surface area contributed by atoms with Crippen molar-refractivity contribution < 1.29 is 14.3 Å². The Kier molecular flexibility index (Phi) is 5.86. The SMILES string of the molecule is CCn1nc(C)c2c1c(=O)n(Cc1ccccc1)c(=O)n2CC(=O)Nc1ccc2c(c1)OCCO2. The number of carbonyl (C=O) groups is 1. The van der Waals surface area contributed by atoms with E-state index in [0.29, 0.717) is 53.7 Å². The molecule has 4 aromatic rings. The minimum atomic E-state index is -0.567. The van der Waals surface area contributed by atoms with Gasteiger partial charge in [0.15, 0.2) is 17.0 Å². The maximum atomic E-state index is 13.5. The number of fused-ring (bicyclic) bond motifs is 2. The number of nitrogens with one attached hydrogen (secondary N) is 1. The number of hydrogen-bond donors (Lipinski definition) is 1. The van der Waals surface area contributed by atoms with Gasteiger partial charge in [-0.05, 0) is 31.5 Å². The summed E-state index contributed by atoms with van der Waals surface area (Å²) in [5.74, 6) is 0.742. The van der Waals surface area contributed by atoms with Crippen LogP contribution in [0.2, 0.25) is 0 Å². The summed E-state index contributed by atoms with van der Waals surface area (Å²) in [6.45, 7) is 4.76. The highest BCUT2D eigenvalue weighted by molar-refractivity contribution is 5.92. The highest BCUT2D eigenvalue weighted by atomic mass is 16.6. The molecule has 0 saturated carbocycles.